The number of hydrogen-bond donors (Lipinski definition) is 1. The van der Waals surface area contributed by atoms with Crippen LogP contribution < -0.4 is 15.4 Å². The fourth-order valence-corrected chi connectivity index (χ4v) is 2.10. The van der Waals surface area contributed by atoms with E-state index in [-0.39, 0.29) is 5.41 Å². The molecule has 0 saturated carbocycles. The van der Waals surface area contributed by atoms with Gasteiger partial charge in [0.2, 0.25) is 0 Å². The van der Waals surface area contributed by atoms with E-state index in [9.17, 15) is 0 Å². The Labute approximate surface area is 117 Å². The molecule has 0 spiro atoms. The Morgan fingerprint density at radius 2 is 1.95 bits per heavy atom. The zero-order chi connectivity index (χ0) is 14.6. The first kappa shape index (κ1) is 15.8. The Balaban J connectivity index is 3.08. The first-order chi connectivity index (χ1) is 8.79. The van der Waals surface area contributed by atoms with Crippen molar-refractivity contribution in [2.75, 3.05) is 32.1 Å². The Morgan fingerprint density at radius 1 is 1.32 bits per heavy atom. The van der Waals surface area contributed by atoms with E-state index in [4.69, 9.17) is 10.5 Å². The summed E-state index contributed by atoms with van der Waals surface area (Å²) in [7, 11) is 3.81. The molecule has 0 aromatic heterocycles. The Morgan fingerprint density at radius 3 is 2.42 bits per heavy atom. The van der Waals surface area contributed by atoms with Crippen LogP contribution in [0, 0.1) is 5.92 Å². The molecule has 1 aromatic rings. The lowest BCUT2D eigenvalue weighted by molar-refractivity contribution is 0.413. The average molecular weight is 264 g/mol. The van der Waals surface area contributed by atoms with Crippen LogP contribution in [-0.4, -0.2) is 27.2 Å². The largest absolute Gasteiger partial charge is 0.495 e. The summed E-state index contributed by atoms with van der Waals surface area (Å²) in [5.41, 5.74) is 8.30. The molecule has 1 rings (SSSR count). The van der Waals surface area contributed by atoms with E-state index in [1.54, 1.807) is 7.11 Å². The highest BCUT2D eigenvalue weighted by molar-refractivity contribution is 5.60. The van der Waals surface area contributed by atoms with Crippen molar-refractivity contribution in [3.63, 3.8) is 0 Å². The van der Waals surface area contributed by atoms with Crippen LogP contribution in [0.15, 0.2) is 18.2 Å². The van der Waals surface area contributed by atoms with Gasteiger partial charge in [0.25, 0.3) is 0 Å². The van der Waals surface area contributed by atoms with Gasteiger partial charge >= 0.3 is 0 Å². The van der Waals surface area contributed by atoms with Crippen molar-refractivity contribution in [3.05, 3.63) is 23.8 Å². The molecule has 0 fully saturated rings. The predicted molar refractivity (Wildman–Crippen MR) is 83.2 cm³/mol. The van der Waals surface area contributed by atoms with E-state index in [1.165, 1.54) is 5.56 Å². The first-order valence-corrected chi connectivity index (χ1v) is 6.89. The van der Waals surface area contributed by atoms with Gasteiger partial charge in [0.05, 0.1) is 12.8 Å². The Hall–Kier alpha value is -1.22. The van der Waals surface area contributed by atoms with Crippen molar-refractivity contribution in [3.8, 4) is 5.75 Å². The number of nitrogens with zero attached hydrogens (tertiary/aromatic N) is 1. The van der Waals surface area contributed by atoms with Crippen LogP contribution in [-0.2, 0) is 5.41 Å². The molecule has 1 unspecified atom stereocenters. The van der Waals surface area contributed by atoms with Gasteiger partial charge in [-0.05, 0) is 35.6 Å². The standard InChI is InChI=1S/C16H28N2O/c1-12(10-17)11-18(5)14-9-13(16(2,3)4)7-8-15(14)19-6/h7-9,12H,10-11,17H2,1-6H3. The maximum atomic E-state index is 5.71. The molecule has 0 amide bonds. The minimum absolute atomic E-state index is 0.140. The van der Waals surface area contributed by atoms with Crippen LogP contribution in [0.2, 0.25) is 0 Å². The SMILES string of the molecule is COc1ccc(C(C)(C)C)cc1N(C)CC(C)CN. The molecule has 19 heavy (non-hydrogen) atoms. The van der Waals surface area contributed by atoms with E-state index >= 15 is 0 Å². The van der Waals surface area contributed by atoms with Gasteiger partial charge in [-0.1, -0.05) is 33.8 Å². The maximum Gasteiger partial charge on any atom is 0.142 e. The molecule has 0 saturated heterocycles. The van der Waals surface area contributed by atoms with Gasteiger partial charge in [-0.15, -0.1) is 0 Å². The monoisotopic (exact) mass is 264 g/mol. The molecular formula is C16H28N2O. The molecular weight excluding hydrogens is 236 g/mol. The normalized spacial score (nSPS) is 13.2. The quantitative estimate of drug-likeness (QED) is 0.888. The smallest absolute Gasteiger partial charge is 0.142 e. The highest BCUT2D eigenvalue weighted by Gasteiger charge is 2.18. The lowest BCUT2D eigenvalue weighted by Gasteiger charge is -2.27. The summed E-state index contributed by atoms with van der Waals surface area (Å²) in [5.74, 6) is 1.38. The third kappa shape index (κ3) is 4.13. The van der Waals surface area contributed by atoms with Gasteiger partial charge in [-0.25, -0.2) is 0 Å². The molecule has 108 valence electrons. The number of anilines is 1. The summed E-state index contributed by atoms with van der Waals surface area (Å²) in [6.45, 7) is 10.5. The fourth-order valence-electron chi connectivity index (χ4n) is 2.10. The molecule has 0 aliphatic heterocycles. The van der Waals surface area contributed by atoms with E-state index in [0.29, 0.717) is 12.5 Å². The van der Waals surface area contributed by atoms with Crippen LogP contribution >= 0.6 is 0 Å². The van der Waals surface area contributed by atoms with Crippen LogP contribution in [0.4, 0.5) is 5.69 Å². The second-order valence-corrected chi connectivity index (χ2v) is 6.36. The second-order valence-electron chi connectivity index (χ2n) is 6.36. The summed E-state index contributed by atoms with van der Waals surface area (Å²) >= 11 is 0. The number of rotatable bonds is 5. The van der Waals surface area contributed by atoms with Crippen LogP contribution in [0.1, 0.15) is 33.3 Å². The molecule has 3 nitrogen and oxygen atoms in total. The number of nitrogens with two attached hydrogens (primary N) is 1. The zero-order valence-electron chi connectivity index (χ0n) is 13.2. The van der Waals surface area contributed by atoms with Crippen molar-refractivity contribution in [1.82, 2.24) is 0 Å². The van der Waals surface area contributed by atoms with Crippen LogP contribution in [0.25, 0.3) is 0 Å². The predicted octanol–water partition coefficient (Wildman–Crippen LogP) is 3.02. The molecule has 0 aliphatic carbocycles. The topological polar surface area (TPSA) is 38.5 Å². The first-order valence-electron chi connectivity index (χ1n) is 6.89. The molecule has 3 heteroatoms. The van der Waals surface area contributed by atoms with Gasteiger partial charge < -0.3 is 15.4 Å². The van der Waals surface area contributed by atoms with Crippen molar-refractivity contribution in [2.24, 2.45) is 11.7 Å². The van der Waals surface area contributed by atoms with E-state index in [2.05, 4.69) is 57.8 Å². The van der Waals surface area contributed by atoms with E-state index < -0.39 is 0 Å². The Bertz CT molecular complexity index is 410. The van der Waals surface area contributed by atoms with Crippen LogP contribution in [0.3, 0.4) is 0 Å². The molecule has 0 aliphatic rings. The van der Waals surface area contributed by atoms with E-state index in [0.717, 1.165) is 18.0 Å². The molecule has 0 bridgehead atoms. The summed E-state index contributed by atoms with van der Waals surface area (Å²) in [5, 5.41) is 0. The third-order valence-corrected chi connectivity index (χ3v) is 3.44. The summed E-state index contributed by atoms with van der Waals surface area (Å²) in [6, 6.07) is 6.42. The maximum absolute atomic E-state index is 5.71. The fraction of sp³-hybridized carbons (Fsp3) is 0.625. The molecule has 0 heterocycles. The number of ether oxygens (including phenoxy) is 1. The van der Waals surface area contributed by atoms with Gasteiger partial charge in [-0.3, -0.25) is 0 Å². The average Bonchev–Trinajstić information content (AvgIpc) is 2.36. The van der Waals surface area contributed by atoms with Gasteiger partial charge in [0.15, 0.2) is 0 Å². The van der Waals surface area contributed by atoms with Gasteiger partial charge in [0, 0.05) is 13.6 Å². The lowest BCUT2D eigenvalue weighted by Crippen LogP contribution is -2.28. The summed E-state index contributed by atoms with van der Waals surface area (Å²) < 4.78 is 5.48. The number of methoxy groups -OCH3 is 1. The lowest BCUT2D eigenvalue weighted by atomic mass is 9.86. The van der Waals surface area contributed by atoms with Gasteiger partial charge in [0.1, 0.15) is 5.75 Å². The third-order valence-electron chi connectivity index (χ3n) is 3.44. The number of benzene rings is 1. The summed E-state index contributed by atoms with van der Waals surface area (Å²) in [6.07, 6.45) is 0. The van der Waals surface area contributed by atoms with Crippen LogP contribution in [0.5, 0.6) is 5.75 Å². The molecule has 2 N–H and O–H groups in total. The van der Waals surface area contributed by atoms with Gasteiger partial charge in [-0.2, -0.15) is 0 Å². The minimum atomic E-state index is 0.140. The second kappa shape index (κ2) is 6.29. The summed E-state index contributed by atoms with van der Waals surface area (Å²) in [4.78, 5) is 2.23. The van der Waals surface area contributed by atoms with Crippen molar-refractivity contribution < 1.29 is 4.74 Å². The highest BCUT2D eigenvalue weighted by Crippen LogP contribution is 2.33. The molecule has 1 aromatic carbocycles. The van der Waals surface area contributed by atoms with Crippen molar-refractivity contribution in [1.29, 1.82) is 0 Å². The zero-order valence-corrected chi connectivity index (χ0v) is 13.2. The number of hydrogen-bond acceptors (Lipinski definition) is 3. The van der Waals surface area contributed by atoms with Crippen molar-refractivity contribution in [2.45, 2.75) is 33.1 Å². The van der Waals surface area contributed by atoms with Crippen molar-refractivity contribution >= 4 is 5.69 Å². The molecule has 1 atom stereocenters. The minimum Gasteiger partial charge on any atom is -0.495 e. The molecule has 0 radical (unpaired) electrons. The highest BCUT2D eigenvalue weighted by atomic mass is 16.5. The van der Waals surface area contributed by atoms with E-state index in [1.807, 2.05) is 0 Å². The Kier molecular flexibility index (Phi) is 5.24.